The number of hydrogen-bond donors (Lipinski definition) is 1. The van der Waals surface area contributed by atoms with Gasteiger partial charge >= 0.3 is 0 Å². The van der Waals surface area contributed by atoms with E-state index in [1.54, 1.807) is 0 Å². The van der Waals surface area contributed by atoms with Crippen LogP contribution in [0.25, 0.3) is 0 Å². The first-order valence-electron chi connectivity index (χ1n) is 5.98. The molecule has 1 N–H and O–H groups in total. The highest BCUT2D eigenvalue weighted by molar-refractivity contribution is 5.27. The standard InChI is InChI=1S/C13H20O/c1-9-3-8-13-10(9)4-6-12(13,2)7-5-11(13)14/h5,7,9-11,14H,3-4,6,8H2,1-2H3/t9-,10+,11-,12+,13-/m1/s1. The van der Waals surface area contributed by atoms with E-state index in [9.17, 15) is 5.11 Å². The van der Waals surface area contributed by atoms with Crippen LogP contribution in [0.5, 0.6) is 0 Å². The van der Waals surface area contributed by atoms with E-state index in [1.807, 2.05) is 0 Å². The Balaban J connectivity index is 2.09. The number of rotatable bonds is 0. The van der Waals surface area contributed by atoms with E-state index in [4.69, 9.17) is 0 Å². The van der Waals surface area contributed by atoms with Crippen LogP contribution in [-0.4, -0.2) is 11.2 Å². The average molecular weight is 192 g/mol. The lowest BCUT2D eigenvalue weighted by Gasteiger charge is -2.41. The summed E-state index contributed by atoms with van der Waals surface area (Å²) in [4.78, 5) is 0. The lowest BCUT2D eigenvalue weighted by Crippen LogP contribution is -2.41. The highest BCUT2D eigenvalue weighted by atomic mass is 16.3. The largest absolute Gasteiger partial charge is 0.388 e. The predicted octanol–water partition coefficient (Wildman–Crippen LogP) is 2.75. The lowest BCUT2D eigenvalue weighted by atomic mass is 9.64. The van der Waals surface area contributed by atoms with Crippen LogP contribution in [0.15, 0.2) is 12.2 Å². The van der Waals surface area contributed by atoms with Crippen molar-refractivity contribution in [2.75, 3.05) is 0 Å². The van der Waals surface area contributed by atoms with Crippen molar-refractivity contribution in [1.82, 2.24) is 0 Å². The summed E-state index contributed by atoms with van der Waals surface area (Å²) >= 11 is 0. The zero-order valence-corrected chi connectivity index (χ0v) is 9.16. The number of aliphatic hydroxyl groups is 1. The Morgan fingerprint density at radius 1 is 1.29 bits per heavy atom. The van der Waals surface area contributed by atoms with Crippen molar-refractivity contribution in [3.63, 3.8) is 0 Å². The third kappa shape index (κ3) is 0.735. The van der Waals surface area contributed by atoms with E-state index in [0.29, 0.717) is 5.41 Å². The van der Waals surface area contributed by atoms with E-state index in [1.165, 1.54) is 25.7 Å². The molecule has 2 saturated carbocycles. The molecule has 0 aromatic heterocycles. The summed E-state index contributed by atoms with van der Waals surface area (Å²) in [5.74, 6) is 1.60. The van der Waals surface area contributed by atoms with Gasteiger partial charge in [-0.15, -0.1) is 0 Å². The minimum Gasteiger partial charge on any atom is -0.388 e. The maximum Gasteiger partial charge on any atom is 0.0788 e. The second-order valence-corrected chi connectivity index (χ2v) is 5.92. The van der Waals surface area contributed by atoms with E-state index in [-0.39, 0.29) is 11.5 Å². The molecule has 0 radical (unpaired) electrons. The molecule has 0 saturated heterocycles. The van der Waals surface area contributed by atoms with Gasteiger partial charge in [-0.2, -0.15) is 0 Å². The molecule has 0 heterocycles. The van der Waals surface area contributed by atoms with Crippen molar-refractivity contribution in [2.45, 2.75) is 45.6 Å². The Morgan fingerprint density at radius 2 is 2.07 bits per heavy atom. The number of aliphatic hydroxyl groups excluding tert-OH is 1. The van der Waals surface area contributed by atoms with Crippen LogP contribution >= 0.6 is 0 Å². The molecule has 78 valence electrons. The molecule has 1 heteroatoms. The molecule has 2 fully saturated rings. The normalized spacial score (nSPS) is 60.4. The molecule has 0 unspecified atom stereocenters. The smallest absolute Gasteiger partial charge is 0.0788 e. The Bertz CT molecular complexity index is 296. The average Bonchev–Trinajstić information content (AvgIpc) is 2.70. The minimum atomic E-state index is -0.162. The highest BCUT2D eigenvalue weighted by Crippen LogP contribution is 2.69. The molecule has 0 bridgehead atoms. The topological polar surface area (TPSA) is 20.2 Å². The van der Waals surface area contributed by atoms with Gasteiger partial charge in [0.25, 0.3) is 0 Å². The third-order valence-corrected chi connectivity index (χ3v) is 5.57. The molecule has 0 aliphatic heterocycles. The van der Waals surface area contributed by atoms with Crippen LogP contribution in [0.3, 0.4) is 0 Å². The molecular weight excluding hydrogens is 172 g/mol. The third-order valence-electron chi connectivity index (χ3n) is 5.57. The van der Waals surface area contributed by atoms with Gasteiger partial charge in [0.1, 0.15) is 0 Å². The van der Waals surface area contributed by atoms with Gasteiger partial charge in [-0.05, 0) is 42.9 Å². The first-order valence-corrected chi connectivity index (χ1v) is 5.98. The van der Waals surface area contributed by atoms with Crippen molar-refractivity contribution in [2.24, 2.45) is 22.7 Å². The van der Waals surface area contributed by atoms with E-state index in [2.05, 4.69) is 26.0 Å². The summed E-state index contributed by atoms with van der Waals surface area (Å²) < 4.78 is 0. The van der Waals surface area contributed by atoms with Crippen LogP contribution < -0.4 is 0 Å². The molecule has 0 aromatic rings. The Labute approximate surface area is 86.2 Å². The summed E-state index contributed by atoms with van der Waals surface area (Å²) in [6.07, 6.45) is 9.38. The maximum absolute atomic E-state index is 10.3. The van der Waals surface area contributed by atoms with Crippen LogP contribution in [-0.2, 0) is 0 Å². The van der Waals surface area contributed by atoms with Gasteiger partial charge < -0.3 is 5.11 Å². The molecule has 14 heavy (non-hydrogen) atoms. The van der Waals surface area contributed by atoms with Gasteiger partial charge in [-0.25, -0.2) is 0 Å². The maximum atomic E-state index is 10.3. The molecule has 5 atom stereocenters. The van der Waals surface area contributed by atoms with Gasteiger partial charge in [0.2, 0.25) is 0 Å². The molecule has 3 aliphatic carbocycles. The fraction of sp³-hybridized carbons (Fsp3) is 0.846. The van der Waals surface area contributed by atoms with Crippen molar-refractivity contribution in [1.29, 1.82) is 0 Å². The van der Waals surface area contributed by atoms with Crippen LogP contribution in [0.1, 0.15) is 39.5 Å². The summed E-state index contributed by atoms with van der Waals surface area (Å²) in [5, 5.41) is 10.3. The summed E-state index contributed by atoms with van der Waals surface area (Å²) in [6.45, 7) is 4.73. The van der Waals surface area contributed by atoms with Crippen LogP contribution in [0.4, 0.5) is 0 Å². The molecule has 1 nitrogen and oxygen atoms in total. The SMILES string of the molecule is C[C@@H]1CC[C@@]23[C@H](O)C=C[C@]2(C)CC[C@@H]13. The van der Waals surface area contributed by atoms with E-state index in [0.717, 1.165) is 11.8 Å². The number of allylic oxidation sites excluding steroid dienone is 1. The van der Waals surface area contributed by atoms with Crippen molar-refractivity contribution < 1.29 is 5.11 Å². The fourth-order valence-electron chi connectivity index (χ4n) is 4.72. The lowest BCUT2D eigenvalue weighted by molar-refractivity contribution is -0.00490. The van der Waals surface area contributed by atoms with Crippen LogP contribution in [0, 0.1) is 22.7 Å². The van der Waals surface area contributed by atoms with Gasteiger partial charge in [0.05, 0.1) is 6.10 Å². The summed E-state index contributed by atoms with van der Waals surface area (Å²) in [7, 11) is 0. The Morgan fingerprint density at radius 3 is 2.86 bits per heavy atom. The zero-order valence-electron chi connectivity index (χ0n) is 9.16. The highest BCUT2D eigenvalue weighted by Gasteiger charge is 2.65. The van der Waals surface area contributed by atoms with E-state index >= 15 is 0 Å². The van der Waals surface area contributed by atoms with Gasteiger partial charge in [0.15, 0.2) is 0 Å². The summed E-state index contributed by atoms with van der Waals surface area (Å²) in [5.41, 5.74) is 0.536. The Kier molecular flexibility index (Phi) is 1.56. The second-order valence-electron chi connectivity index (χ2n) is 5.92. The first kappa shape index (κ1) is 8.96. The van der Waals surface area contributed by atoms with Crippen LogP contribution in [0.2, 0.25) is 0 Å². The van der Waals surface area contributed by atoms with Gasteiger partial charge in [-0.1, -0.05) is 26.0 Å². The first-order chi connectivity index (χ1) is 6.60. The van der Waals surface area contributed by atoms with E-state index < -0.39 is 0 Å². The molecular formula is C13H20O. The second kappa shape index (κ2) is 2.44. The molecule has 3 rings (SSSR count). The van der Waals surface area contributed by atoms with Gasteiger partial charge in [0, 0.05) is 5.41 Å². The minimum absolute atomic E-state index is 0.162. The zero-order chi connectivity index (χ0) is 9.97. The van der Waals surface area contributed by atoms with Crippen molar-refractivity contribution in [3.8, 4) is 0 Å². The molecule has 0 aromatic carbocycles. The molecule has 1 spiro atoms. The quantitative estimate of drug-likeness (QED) is 0.585. The molecule has 3 aliphatic rings. The Hall–Kier alpha value is -0.300. The molecule has 0 amide bonds. The summed E-state index contributed by atoms with van der Waals surface area (Å²) in [6, 6.07) is 0. The number of hydrogen-bond acceptors (Lipinski definition) is 1. The van der Waals surface area contributed by atoms with Crippen molar-refractivity contribution in [3.05, 3.63) is 12.2 Å². The predicted molar refractivity (Wildman–Crippen MR) is 56.8 cm³/mol. The fourth-order valence-corrected chi connectivity index (χ4v) is 4.72. The van der Waals surface area contributed by atoms with Crippen molar-refractivity contribution >= 4 is 0 Å². The van der Waals surface area contributed by atoms with Gasteiger partial charge in [-0.3, -0.25) is 0 Å². The monoisotopic (exact) mass is 192 g/mol.